The topological polar surface area (TPSA) is 162 Å². The number of amides is 1. The molecule has 13 heteroatoms. The first-order valence-electron chi connectivity index (χ1n) is 10.1. The monoisotopic (exact) mass is 478 g/mol. The maximum atomic E-state index is 12.7. The first-order valence-corrected chi connectivity index (χ1v) is 12.1. The van der Waals surface area contributed by atoms with Gasteiger partial charge in [-0.25, -0.2) is 4.79 Å². The SMILES string of the molecule is COc1c(NC([SiH3])[C@H]2CCC[C@H]2O)cc(C(=O)Nc2nnc(N/C(C)=C\C=N)s2)oc1=O. The number of aliphatic hydroxyl groups is 1. The summed E-state index contributed by atoms with van der Waals surface area (Å²) in [5, 5.41) is 34.5. The third-order valence-corrected chi connectivity index (χ3v) is 7.07. The maximum Gasteiger partial charge on any atom is 0.381 e. The standard InChI is InChI=1S/C19H26N6O5SSi/c1-9(6-7-20)21-18-24-25-19(31-18)23-15(27)13-8-11(14(29-2)17(28)30-13)22-16(32)10-4-3-5-12(10)26/h6-8,10,12,16,20,22,26H,3-5H2,1-2,32H3,(H,21,24)(H,23,25,27)/b9-6-,20-7?/t10-,12+,16?/m0/s1. The lowest BCUT2D eigenvalue weighted by Gasteiger charge is -2.25. The van der Waals surface area contributed by atoms with Crippen molar-refractivity contribution in [2.24, 2.45) is 5.92 Å². The molecule has 172 valence electrons. The third-order valence-electron chi connectivity index (χ3n) is 5.18. The minimum absolute atomic E-state index is 0.00633. The minimum Gasteiger partial charge on any atom is -0.488 e. The number of anilines is 3. The van der Waals surface area contributed by atoms with Gasteiger partial charge in [0.15, 0.2) is 5.76 Å². The number of aromatic nitrogens is 2. The van der Waals surface area contributed by atoms with Crippen LogP contribution in [-0.4, -0.2) is 56.5 Å². The molecule has 0 radical (unpaired) electrons. The summed E-state index contributed by atoms with van der Waals surface area (Å²) in [6.45, 7) is 1.76. The van der Waals surface area contributed by atoms with Crippen LogP contribution in [0.4, 0.5) is 16.0 Å². The third kappa shape index (κ3) is 5.60. The van der Waals surface area contributed by atoms with E-state index in [2.05, 4.69) is 26.1 Å². The maximum absolute atomic E-state index is 12.7. The van der Waals surface area contributed by atoms with Crippen LogP contribution in [0, 0.1) is 11.3 Å². The van der Waals surface area contributed by atoms with Gasteiger partial charge in [0.1, 0.15) is 0 Å². The molecule has 5 N–H and O–H groups in total. The van der Waals surface area contributed by atoms with E-state index in [0.717, 1.165) is 47.1 Å². The van der Waals surface area contributed by atoms with Gasteiger partial charge in [-0.3, -0.25) is 10.1 Å². The highest BCUT2D eigenvalue weighted by Gasteiger charge is 2.31. The highest BCUT2D eigenvalue weighted by molar-refractivity contribution is 7.19. The number of nitrogens with zero attached hydrogens (tertiary/aromatic N) is 2. The largest absolute Gasteiger partial charge is 0.488 e. The molecule has 1 aliphatic rings. The molecule has 0 aliphatic heterocycles. The van der Waals surface area contributed by atoms with Crippen molar-refractivity contribution in [3.05, 3.63) is 34.0 Å². The van der Waals surface area contributed by atoms with Gasteiger partial charge >= 0.3 is 5.63 Å². The summed E-state index contributed by atoms with van der Waals surface area (Å²) >= 11 is 1.09. The number of hydrogen-bond donors (Lipinski definition) is 5. The molecule has 0 bridgehead atoms. The molecule has 3 atom stereocenters. The fraction of sp³-hybridized carbons (Fsp3) is 0.421. The smallest absolute Gasteiger partial charge is 0.381 e. The van der Waals surface area contributed by atoms with E-state index in [-0.39, 0.29) is 34.3 Å². The summed E-state index contributed by atoms with van der Waals surface area (Å²) in [7, 11) is 2.08. The summed E-state index contributed by atoms with van der Waals surface area (Å²) in [4.78, 5) is 25.1. The van der Waals surface area contributed by atoms with Gasteiger partial charge in [-0.1, -0.05) is 17.8 Å². The number of allylic oxidation sites excluding steroid dienone is 2. The number of ether oxygens (including phenoxy) is 1. The van der Waals surface area contributed by atoms with E-state index < -0.39 is 11.5 Å². The van der Waals surface area contributed by atoms with Gasteiger partial charge in [-0.15, -0.1) is 10.2 Å². The zero-order valence-corrected chi connectivity index (χ0v) is 20.8. The molecule has 2 aromatic heterocycles. The Morgan fingerprint density at radius 1 is 1.41 bits per heavy atom. The van der Waals surface area contributed by atoms with Crippen LogP contribution in [0.15, 0.2) is 27.1 Å². The molecule has 0 spiro atoms. The average Bonchev–Trinajstić information content (AvgIpc) is 3.36. The number of carbonyl (C=O) groups excluding carboxylic acids is 1. The van der Waals surface area contributed by atoms with Crippen molar-refractivity contribution in [1.82, 2.24) is 10.2 Å². The van der Waals surface area contributed by atoms with Crippen molar-refractivity contribution in [2.75, 3.05) is 23.1 Å². The Labute approximate surface area is 191 Å². The van der Waals surface area contributed by atoms with Crippen LogP contribution in [0.25, 0.3) is 0 Å². The first kappa shape index (κ1) is 23.6. The van der Waals surface area contributed by atoms with Crippen molar-refractivity contribution in [3.8, 4) is 5.75 Å². The second-order valence-electron chi connectivity index (χ2n) is 7.45. The molecular formula is C19H26N6O5SSi. The molecule has 3 rings (SSSR count). The molecule has 2 aromatic rings. The number of methoxy groups -OCH3 is 1. The van der Waals surface area contributed by atoms with Crippen molar-refractivity contribution < 1.29 is 19.1 Å². The molecule has 1 fully saturated rings. The van der Waals surface area contributed by atoms with Crippen LogP contribution in [0.2, 0.25) is 0 Å². The Hall–Kier alpha value is -3.03. The summed E-state index contributed by atoms with van der Waals surface area (Å²) in [6.07, 6.45) is 4.94. The number of carbonyl (C=O) groups is 1. The van der Waals surface area contributed by atoms with Gasteiger partial charge in [0.25, 0.3) is 5.91 Å². The number of aliphatic hydroxyl groups excluding tert-OH is 1. The Morgan fingerprint density at radius 2 is 2.12 bits per heavy atom. The van der Waals surface area contributed by atoms with Crippen LogP contribution >= 0.6 is 11.3 Å². The molecule has 32 heavy (non-hydrogen) atoms. The van der Waals surface area contributed by atoms with Crippen LogP contribution in [0.5, 0.6) is 5.75 Å². The van der Waals surface area contributed by atoms with E-state index in [9.17, 15) is 14.7 Å². The fourth-order valence-corrected chi connectivity index (χ4v) is 5.41. The van der Waals surface area contributed by atoms with E-state index in [1.165, 1.54) is 13.2 Å². The highest BCUT2D eigenvalue weighted by atomic mass is 32.1. The predicted octanol–water partition coefficient (Wildman–Crippen LogP) is 0.982. The molecule has 1 unspecified atom stereocenters. The Kier molecular flexibility index (Phi) is 7.77. The molecule has 0 aromatic carbocycles. The van der Waals surface area contributed by atoms with Crippen LogP contribution in [-0.2, 0) is 0 Å². The van der Waals surface area contributed by atoms with E-state index in [1.807, 2.05) is 0 Å². The molecule has 1 aliphatic carbocycles. The lowest BCUT2D eigenvalue weighted by atomic mass is 10.1. The normalized spacial score (nSPS) is 19.4. The lowest BCUT2D eigenvalue weighted by molar-refractivity contribution is 0.0991. The highest BCUT2D eigenvalue weighted by Crippen LogP contribution is 2.31. The average molecular weight is 479 g/mol. The van der Waals surface area contributed by atoms with Crippen LogP contribution < -0.4 is 26.3 Å². The van der Waals surface area contributed by atoms with Crippen molar-refractivity contribution in [1.29, 1.82) is 5.41 Å². The van der Waals surface area contributed by atoms with Crippen molar-refractivity contribution in [3.63, 3.8) is 0 Å². The van der Waals surface area contributed by atoms with Crippen molar-refractivity contribution in [2.45, 2.75) is 38.0 Å². The van der Waals surface area contributed by atoms with Gasteiger partial charge in [-0.2, -0.15) is 0 Å². The van der Waals surface area contributed by atoms with E-state index in [4.69, 9.17) is 14.6 Å². The van der Waals surface area contributed by atoms with Gasteiger partial charge in [0.2, 0.25) is 16.0 Å². The Morgan fingerprint density at radius 3 is 2.75 bits per heavy atom. The molecule has 1 amide bonds. The molecule has 2 heterocycles. The second-order valence-corrected chi connectivity index (χ2v) is 9.67. The van der Waals surface area contributed by atoms with E-state index in [1.54, 1.807) is 13.0 Å². The van der Waals surface area contributed by atoms with Crippen LogP contribution in [0.3, 0.4) is 0 Å². The first-order chi connectivity index (χ1) is 15.3. The second kappa shape index (κ2) is 10.5. The zero-order valence-electron chi connectivity index (χ0n) is 18.0. The van der Waals surface area contributed by atoms with Gasteiger partial charge in [0.05, 0.1) is 18.9 Å². The Balaban J connectivity index is 1.77. The number of rotatable bonds is 9. The lowest BCUT2D eigenvalue weighted by Crippen LogP contribution is -2.34. The fourth-order valence-electron chi connectivity index (χ4n) is 3.62. The summed E-state index contributed by atoms with van der Waals surface area (Å²) in [6, 6.07) is 1.42. The van der Waals surface area contributed by atoms with E-state index in [0.29, 0.717) is 16.5 Å². The minimum atomic E-state index is -0.782. The van der Waals surface area contributed by atoms with Gasteiger partial charge < -0.3 is 30.3 Å². The summed E-state index contributed by atoms with van der Waals surface area (Å²) in [5.74, 6) is -0.795. The summed E-state index contributed by atoms with van der Waals surface area (Å²) in [5.41, 5.74) is 0.250. The number of nitrogens with one attached hydrogen (secondary N) is 4. The van der Waals surface area contributed by atoms with Gasteiger partial charge in [0, 0.05) is 39.8 Å². The van der Waals surface area contributed by atoms with Gasteiger partial charge in [-0.05, 0) is 25.8 Å². The predicted molar refractivity (Wildman–Crippen MR) is 126 cm³/mol. The zero-order chi connectivity index (χ0) is 23.3. The molecule has 11 nitrogen and oxygen atoms in total. The van der Waals surface area contributed by atoms with E-state index >= 15 is 0 Å². The van der Waals surface area contributed by atoms with Crippen LogP contribution in [0.1, 0.15) is 36.7 Å². The molecule has 0 saturated heterocycles. The molecule has 1 saturated carbocycles. The number of hydrogen-bond acceptors (Lipinski definition) is 11. The molecular weight excluding hydrogens is 452 g/mol. The Bertz CT molecular complexity index is 1070. The quantitative estimate of drug-likeness (QED) is 0.261. The summed E-state index contributed by atoms with van der Waals surface area (Å²) < 4.78 is 10.3. The van der Waals surface area contributed by atoms with Crippen molar-refractivity contribution >= 4 is 49.7 Å².